The molecule has 1 fully saturated rings. The SMILES string of the molecule is CSc1ncc(C)c(N2CCN(c3nc(C)nc4cnccc34)CC2)n1. The minimum Gasteiger partial charge on any atom is -0.353 e. The summed E-state index contributed by atoms with van der Waals surface area (Å²) >= 11 is 1.57. The molecule has 0 spiro atoms. The summed E-state index contributed by atoms with van der Waals surface area (Å²) in [5.74, 6) is 2.81. The monoisotopic (exact) mass is 367 g/mol. The number of hydrogen-bond acceptors (Lipinski definition) is 8. The van der Waals surface area contributed by atoms with Crippen molar-refractivity contribution in [1.29, 1.82) is 0 Å². The zero-order chi connectivity index (χ0) is 18.1. The lowest BCUT2D eigenvalue weighted by Gasteiger charge is -2.37. The molecule has 26 heavy (non-hydrogen) atoms. The number of piperazine rings is 1. The number of nitrogens with zero attached hydrogens (tertiary/aromatic N) is 7. The van der Waals surface area contributed by atoms with E-state index in [1.165, 1.54) is 0 Å². The third-order valence-electron chi connectivity index (χ3n) is 4.58. The Morgan fingerprint density at radius 1 is 0.923 bits per heavy atom. The van der Waals surface area contributed by atoms with E-state index < -0.39 is 0 Å². The maximum Gasteiger partial charge on any atom is 0.189 e. The van der Waals surface area contributed by atoms with Gasteiger partial charge in [0.05, 0.1) is 11.7 Å². The highest BCUT2D eigenvalue weighted by molar-refractivity contribution is 7.98. The number of aromatic nitrogens is 5. The second-order valence-corrected chi connectivity index (χ2v) is 7.10. The lowest BCUT2D eigenvalue weighted by Crippen LogP contribution is -2.47. The lowest BCUT2D eigenvalue weighted by molar-refractivity contribution is 0.636. The van der Waals surface area contributed by atoms with Gasteiger partial charge >= 0.3 is 0 Å². The fourth-order valence-electron chi connectivity index (χ4n) is 3.28. The molecule has 4 heterocycles. The van der Waals surface area contributed by atoms with Crippen molar-refractivity contribution in [1.82, 2.24) is 24.9 Å². The second kappa shape index (κ2) is 7.03. The molecule has 0 saturated carbocycles. The minimum atomic E-state index is 0.777. The predicted octanol–water partition coefficient (Wildman–Crippen LogP) is 2.48. The van der Waals surface area contributed by atoms with Crippen LogP contribution in [0.25, 0.3) is 10.9 Å². The maximum atomic E-state index is 4.71. The van der Waals surface area contributed by atoms with E-state index in [1.54, 1.807) is 24.2 Å². The molecule has 8 heteroatoms. The van der Waals surface area contributed by atoms with Crippen molar-refractivity contribution < 1.29 is 0 Å². The van der Waals surface area contributed by atoms with E-state index in [0.717, 1.165) is 65.3 Å². The highest BCUT2D eigenvalue weighted by atomic mass is 32.2. The molecule has 3 aromatic rings. The molecule has 1 aliphatic rings. The zero-order valence-corrected chi connectivity index (χ0v) is 16.0. The van der Waals surface area contributed by atoms with Gasteiger partial charge in [0.2, 0.25) is 0 Å². The molecule has 3 aromatic heterocycles. The Morgan fingerprint density at radius 2 is 1.65 bits per heavy atom. The summed E-state index contributed by atoms with van der Waals surface area (Å²) in [4.78, 5) is 27.1. The molecule has 0 unspecified atom stereocenters. The van der Waals surface area contributed by atoms with Gasteiger partial charge in [0.1, 0.15) is 17.5 Å². The van der Waals surface area contributed by atoms with Crippen molar-refractivity contribution in [3.05, 3.63) is 36.0 Å². The van der Waals surface area contributed by atoms with Crippen molar-refractivity contribution in [3.63, 3.8) is 0 Å². The average Bonchev–Trinajstić information content (AvgIpc) is 2.68. The van der Waals surface area contributed by atoms with E-state index in [-0.39, 0.29) is 0 Å². The normalized spacial score (nSPS) is 14.9. The summed E-state index contributed by atoms with van der Waals surface area (Å²) < 4.78 is 0. The summed E-state index contributed by atoms with van der Waals surface area (Å²) in [5, 5.41) is 1.87. The van der Waals surface area contributed by atoms with Gasteiger partial charge in [-0.15, -0.1) is 0 Å². The number of hydrogen-bond donors (Lipinski definition) is 0. The Bertz CT molecular complexity index is 938. The Labute approximate surface area is 156 Å². The van der Waals surface area contributed by atoms with Crippen LogP contribution >= 0.6 is 11.8 Å². The van der Waals surface area contributed by atoms with Crippen LogP contribution in [0.2, 0.25) is 0 Å². The molecule has 0 N–H and O–H groups in total. The van der Waals surface area contributed by atoms with E-state index >= 15 is 0 Å². The average molecular weight is 367 g/mol. The molecule has 0 bridgehead atoms. The van der Waals surface area contributed by atoms with Crippen LogP contribution in [0.15, 0.2) is 29.8 Å². The lowest BCUT2D eigenvalue weighted by atomic mass is 10.2. The fourth-order valence-corrected chi connectivity index (χ4v) is 3.62. The fraction of sp³-hybridized carbons (Fsp3) is 0.389. The molecule has 1 aliphatic heterocycles. The highest BCUT2D eigenvalue weighted by Crippen LogP contribution is 2.26. The number of thioether (sulfide) groups is 1. The van der Waals surface area contributed by atoms with Gasteiger partial charge in [-0.05, 0) is 26.2 Å². The predicted molar refractivity (Wildman–Crippen MR) is 105 cm³/mol. The molecule has 0 radical (unpaired) electrons. The van der Waals surface area contributed by atoms with Crippen molar-refractivity contribution >= 4 is 34.3 Å². The van der Waals surface area contributed by atoms with Crippen LogP contribution in [-0.4, -0.2) is 57.4 Å². The first kappa shape index (κ1) is 17.0. The number of fused-ring (bicyclic) bond motifs is 1. The number of rotatable bonds is 3. The molecule has 4 rings (SSSR count). The number of anilines is 2. The molecule has 0 amide bonds. The van der Waals surface area contributed by atoms with Gasteiger partial charge < -0.3 is 9.80 Å². The summed E-state index contributed by atoms with van der Waals surface area (Å²) in [6, 6.07) is 2.00. The van der Waals surface area contributed by atoms with Crippen LogP contribution in [0, 0.1) is 13.8 Å². The second-order valence-electron chi connectivity index (χ2n) is 6.32. The summed E-state index contributed by atoms with van der Waals surface area (Å²) in [6.07, 6.45) is 7.52. The highest BCUT2D eigenvalue weighted by Gasteiger charge is 2.22. The first-order chi connectivity index (χ1) is 12.7. The van der Waals surface area contributed by atoms with Crippen LogP contribution in [0.5, 0.6) is 0 Å². The van der Waals surface area contributed by atoms with E-state index in [9.17, 15) is 0 Å². The number of pyridine rings is 1. The third-order valence-corrected chi connectivity index (χ3v) is 5.14. The van der Waals surface area contributed by atoms with Gasteiger partial charge in [-0.25, -0.2) is 19.9 Å². The first-order valence-electron chi connectivity index (χ1n) is 8.61. The minimum absolute atomic E-state index is 0.777. The summed E-state index contributed by atoms with van der Waals surface area (Å²) in [7, 11) is 0. The van der Waals surface area contributed by atoms with Crippen LogP contribution in [-0.2, 0) is 0 Å². The van der Waals surface area contributed by atoms with Gasteiger partial charge in [0.25, 0.3) is 0 Å². The molecule has 0 aliphatic carbocycles. The maximum absolute atomic E-state index is 4.71. The molecule has 0 aromatic carbocycles. The van der Waals surface area contributed by atoms with Gasteiger partial charge in [-0.1, -0.05) is 11.8 Å². The van der Waals surface area contributed by atoms with Crippen LogP contribution < -0.4 is 9.80 Å². The van der Waals surface area contributed by atoms with Gasteiger partial charge in [-0.2, -0.15) is 0 Å². The third kappa shape index (κ3) is 3.16. The Kier molecular flexibility index (Phi) is 4.58. The van der Waals surface area contributed by atoms with Gasteiger partial charge in [-0.3, -0.25) is 4.98 Å². The summed E-state index contributed by atoms with van der Waals surface area (Å²) in [6.45, 7) is 7.60. The van der Waals surface area contributed by atoms with Crippen molar-refractivity contribution in [2.45, 2.75) is 19.0 Å². The molecule has 1 saturated heterocycles. The van der Waals surface area contributed by atoms with E-state index in [1.807, 2.05) is 25.4 Å². The quantitative estimate of drug-likeness (QED) is 0.516. The Morgan fingerprint density at radius 3 is 2.38 bits per heavy atom. The van der Waals surface area contributed by atoms with Gasteiger partial charge in [0, 0.05) is 49.5 Å². The van der Waals surface area contributed by atoms with E-state index in [0.29, 0.717) is 0 Å². The van der Waals surface area contributed by atoms with Crippen LogP contribution in [0.4, 0.5) is 11.6 Å². The number of aryl methyl sites for hydroxylation is 2. The molecular formula is C18H21N7S. The molecular weight excluding hydrogens is 346 g/mol. The van der Waals surface area contributed by atoms with Gasteiger partial charge in [0.15, 0.2) is 5.16 Å². The standard InChI is InChI=1S/C18H21N7S/c1-12-10-20-18(26-3)23-16(12)24-6-8-25(9-7-24)17-14-4-5-19-11-15(14)21-13(2)22-17/h4-5,10-11H,6-9H2,1-3H3. The van der Waals surface area contributed by atoms with E-state index in [2.05, 4.69) is 31.7 Å². The van der Waals surface area contributed by atoms with Crippen molar-refractivity contribution in [2.24, 2.45) is 0 Å². The Hall–Kier alpha value is -2.48. The topological polar surface area (TPSA) is 70.9 Å². The van der Waals surface area contributed by atoms with E-state index in [4.69, 9.17) is 9.97 Å². The Balaban J connectivity index is 1.58. The summed E-state index contributed by atoms with van der Waals surface area (Å²) in [5.41, 5.74) is 2.01. The van der Waals surface area contributed by atoms with Crippen molar-refractivity contribution in [2.75, 3.05) is 42.2 Å². The first-order valence-corrected chi connectivity index (χ1v) is 9.84. The van der Waals surface area contributed by atoms with Crippen LogP contribution in [0.3, 0.4) is 0 Å². The molecule has 0 atom stereocenters. The van der Waals surface area contributed by atoms with Crippen molar-refractivity contribution in [3.8, 4) is 0 Å². The largest absolute Gasteiger partial charge is 0.353 e. The van der Waals surface area contributed by atoms with Crippen LogP contribution in [0.1, 0.15) is 11.4 Å². The smallest absolute Gasteiger partial charge is 0.189 e. The molecule has 7 nitrogen and oxygen atoms in total. The molecule has 134 valence electrons. The zero-order valence-electron chi connectivity index (χ0n) is 15.2.